The minimum Gasteiger partial charge on any atom is -0.265 e. The van der Waals surface area contributed by atoms with Gasteiger partial charge in [-0.2, -0.15) is 8.42 Å². The number of nitrogens with zero attached hydrogens (tertiary/aromatic N) is 1. The van der Waals surface area contributed by atoms with Crippen LogP contribution in [0.5, 0.6) is 0 Å². The predicted octanol–water partition coefficient (Wildman–Crippen LogP) is 3.64. The van der Waals surface area contributed by atoms with Crippen molar-refractivity contribution in [2.75, 3.05) is 0 Å². The molecule has 1 aromatic carbocycles. The standard InChI is InChI=1S/C15H21NO3S/c1-11-9-12(2)15(13(3)10-11)20(17,18)19-16-14-7-5-4-6-8-14/h9-10H,4-8H2,1-3H3. The van der Waals surface area contributed by atoms with E-state index in [2.05, 4.69) is 5.16 Å². The second-order valence-electron chi connectivity index (χ2n) is 5.47. The van der Waals surface area contributed by atoms with E-state index in [0.717, 1.165) is 37.0 Å². The van der Waals surface area contributed by atoms with Crippen LogP contribution in [0.25, 0.3) is 0 Å². The topological polar surface area (TPSA) is 55.7 Å². The minimum absolute atomic E-state index is 0.239. The lowest BCUT2D eigenvalue weighted by Crippen LogP contribution is -2.11. The van der Waals surface area contributed by atoms with Gasteiger partial charge in [0.2, 0.25) is 0 Å². The molecule has 0 N–H and O–H groups in total. The predicted molar refractivity (Wildman–Crippen MR) is 79.4 cm³/mol. The van der Waals surface area contributed by atoms with Crippen LogP contribution in [-0.2, 0) is 14.4 Å². The van der Waals surface area contributed by atoms with E-state index >= 15 is 0 Å². The van der Waals surface area contributed by atoms with Gasteiger partial charge in [-0.3, -0.25) is 4.28 Å². The van der Waals surface area contributed by atoms with E-state index in [9.17, 15) is 8.42 Å². The van der Waals surface area contributed by atoms with E-state index in [4.69, 9.17) is 4.28 Å². The lowest BCUT2D eigenvalue weighted by Gasteiger charge is -2.13. The number of oxime groups is 1. The first kappa shape index (κ1) is 15.0. The van der Waals surface area contributed by atoms with Crippen LogP contribution in [0, 0.1) is 20.8 Å². The Kier molecular flexibility index (Phi) is 4.48. The quantitative estimate of drug-likeness (QED) is 0.800. The molecule has 2 rings (SSSR count). The van der Waals surface area contributed by atoms with Gasteiger partial charge in [-0.1, -0.05) is 29.3 Å². The summed E-state index contributed by atoms with van der Waals surface area (Å²) in [5, 5.41) is 3.86. The van der Waals surface area contributed by atoms with Crippen molar-refractivity contribution >= 4 is 15.8 Å². The zero-order chi connectivity index (χ0) is 14.8. The number of aryl methyl sites for hydroxylation is 3. The fraction of sp³-hybridized carbons (Fsp3) is 0.533. The summed E-state index contributed by atoms with van der Waals surface area (Å²) < 4.78 is 29.5. The number of hydrogen-bond acceptors (Lipinski definition) is 4. The van der Waals surface area contributed by atoms with Crippen molar-refractivity contribution in [3.63, 3.8) is 0 Å². The molecule has 5 heteroatoms. The monoisotopic (exact) mass is 295 g/mol. The zero-order valence-electron chi connectivity index (χ0n) is 12.3. The van der Waals surface area contributed by atoms with Crippen molar-refractivity contribution in [1.82, 2.24) is 0 Å². The highest BCUT2D eigenvalue weighted by atomic mass is 32.2. The van der Waals surface area contributed by atoms with Gasteiger partial charge in [0.15, 0.2) is 0 Å². The summed E-state index contributed by atoms with van der Waals surface area (Å²) >= 11 is 0. The number of rotatable bonds is 3. The van der Waals surface area contributed by atoms with Gasteiger partial charge in [0.05, 0.1) is 5.71 Å². The molecule has 0 amide bonds. The Bertz CT molecular complexity index is 602. The maximum atomic E-state index is 12.3. The van der Waals surface area contributed by atoms with Crippen molar-refractivity contribution in [2.24, 2.45) is 5.16 Å². The third-order valence-electron chi connectivity index (χ3n) is 3.55. The van der Waals surface area contributed by atoms with Gasteiger partial charge in [0, 0.05) is 0 Å². The fourth-order valence-electron chi connectivity index (χ4n) is 2.75. The maximum absolute atomic E-state index is 12.3. The van der Waals surface area contributed by atoms with E-state index in [0.29, 0.717) is 11.1 Å². The Labute approximate surface area is 121 Å². The highest BCUT2D eigenvalue weighted by Gasteiger charge is 2.22. The van der Waals surface area contributed by atoms with E-state index in [-0.39, 0.29) is 4.90 Å². The molecular weight excluding hydrogens is 274 g/mol. The lowest BCUT2D eigenvalue weighted by molar-refractivity contribution is 0.334. The molecule has 1 fully saturated rings. The van der Waals surface area contributed by atoms with Crippen LogP contribution in [0.1, 0.15) is 48.8 Å². The van der Waals surface area contributed by atoms with Crippen molar-refractivity contribution in [3.8, 4) is 0 Å². The first-order valence-electron chi connectivity index (χ1n) is 6.97. The molecule has 0 aliphatic heterocycles. The summed E-state index contributed by atoms with van der Waals surface area (Å²) in [7, 11) is -3.83. The average molecular weight is 295 g/mol. The molecule has 1 saturated carbocycles. The normalized spacial score (nSPS) is 16.1. The summed E-state index contributed by atoms with van der Waals surface area (Å²) in [4.78, 5) is 0.239. The number of hydrogen-bond donors (Lipinski definition) is 0. The Morgan fingerprint density at radius 3 is 2.10 bits per heavy atom. The third-order valence-corrected chi connectivity index (χ3v) is 4.96. The van der Waals surface area contributed by atoms with Crippen LogP contribution < -0.4 is 0 Å². The summed E-state index contributed by atoms with van der Waals surface area (Å²) in [5.74, 6) is 0. The van der Waals surface area contributed by atoms with Crippen molar-refractivity contribution < 1.29 is 12.7 Å². The molecular formula is C15H21NO3S. The second-order valence-corrected chi connectivity index (χ2v) is 6.94. The first-order chi connectivity index (χ1) is 9.40. The van der Waals surface area contributed by atoms with Crippen LogP contribution in [0.2, 0.25) is 0 Å². The molecule has 0 heterocycles. The molecule has 0 bridgehead atoms. The van der Waals surface area contributed by atoms with Gasteiger partial charge in [-0.05, 0) is 57.6 Å². The summed E-state index contributed by atoms with van der Waals surface area (Å²) in [5.41, 5.74) is 3.29. The molecule has 20 heavy (non-hydrogen) atoms. The fourth-order valence-corrected chi connectivity index (χ4v) is 3.94. The molecule has 1 aromatic rings. The largest absolute Gasteiger partial charge is 0.358 e. The van der Waals surface area contributed by atoms with Crippen molar-refractivity contribution in [2.45, 2.75) is 57.8 Å². The van der Waals surface area contributed by atoms with Gasteiger partial charge in [-0.25, -0.2) is 0 Å². The Morgan fingerprint density at radius 2 is 1.55 bits per heavy atom. The van der Waals surface area contributed by atoms with Gasteiger partial charge in [0.1, 0.15) is 4.90 Å². The summed E-state index contributed by atoms with van der Waals surface area (Å²) in [6.45, 7) is 5.51. The zero-order valence-corrected chi connectivity index (χ0v) is 13.1. The molecule has 0 unspecified atom stereocenters. The molecule has 0 saturated heterocycles. The van der Waals surface area contributed by atoms with E-state index in [1.165, 1.54) is 6.42 Å². The third kappa shape index (κ3) is 3.39. The Morgan fingerprint density at radius 1 is 1.00 bits per heavy atom. The first-order valence-corrected chi connectivity index (χ1v) is 8.38. The van der Waals surface area contributed by atoms with Crippen LogP contribution in [-0.4, -0.2) is 14.1 Å². The average Bonchev–Trinajstić information content (AvgIpc) is 2.36. The van der Waals surface area contributed by atoms with E-state index in [1.54, 1.807) is 13.8 Å². The minimum atomic E-state index is -3.83. The van der Waals surface area contributed by atoms with Gasteiger partial charge in [-0.15, -0.1) is 0 Å². The smallest absolute Gasteiger partial charge is 0.265 e. The number of benzene rings is 1. The maximum Gasteiger partial charge on any atom is 0.358 e. The highest BCUT2D eigenvalue weighted by Crippen LogP contribution is 2.24. The molecule has 0 aromatic heterocycles. The van der Waals surface area contributed by atoms with Crippen LogP contribution in [0.4, 0.5) is 0 Å². The van der Waals surface area contributed by atoms with Crippen molar-refractivity contribution in [1.29, 1.82) is 0 Å². The molecule has 1 aliphatic carbocycles. The molecule has 110 valence electrons. The summed E-state index contributed by atoms with van der Waals surface area (Å²) in [6, 6.07) is 3.69. The molecule has 4 nitrogen and oxygen atoms in total. The van der Waals surface area contributed by atoms with Crippen LogP contribution >= 0.6 is 0 Å². The van der Waals surface area contributed by atoms with E-state index < -0.39 is 10.1 Å². The second kappa shape index (κ2) is 5.95. The molecule has 0 atom stereocenters. The molecule has 1 aliphatic rings. The highest BCUT2D eigenvalue weighted by molar-refractivity contribution is 7.86. The van der Waals surface area contributed by atoms with Crippen LogP contribution in [0.15, 0.2) is 22.2 Å². The van der Waals surface area contributed by atoms with Gasteiger partial charge < -0.3 is 0 Å². The SMILES string of the molecule is Cc1cc(C)c(S(=O)(=O)ON=C2CCCCC2)c(C)c1. The molecule has 0 spiro atoms. The van der Waals surface area contributed by atoms with Gasteiger partial charge >= 0.3 is 10.1 Å². The lowest BCUT2D eigenvalue weighted by atomic mass is 9.99. The van der Waals surface area contributed by atoms with Gasteiger partial charge in [0.25, 0.3) is 0 Å². The summed E-state index contributed by atoms with van der Waals surface area (Å²) in [6.07, 6.45) is 4.97. The molecule has 0 radical (unpaired) electrons. The Balaban J connectivity index is 2.27. The Hall–Kier alpha value is -1.36. The van der Waals surface area contributed by atoms with E-state index in [1.807, 2.05) is 19.1 Å². The van der Waals surface area contributed by atoms with Crippen LogP contribution in [0.3, 0.4) is 0 Å². The van der Waals surface area contributed by atoms with Crippen molar-refractivity contribution in [3.05, 3.63) is 28.8 Å².